The predicted molar refractivity (Wildman–Crippen MR) is 222 cm³/mol. The van der Waals surface area contributed by atoms with Gasteiger partial charge in [-0.15, -0.1) is 0 Å². The average Bonchev–Trinajstić information content (AvgIpc) is 3.25. The molecule has 6 rings (SSSR count). The maximum absolute atomic E-state index is 14.8. The highest BCUT2D eigenvalue weighted by molar-refractivity contribution is 7.54. The largest absolute Gasteiger partial charge is 0.497 e. The zero-order valence-electron chi connectivity index (χ0n) is 32.5. The van der Waals surface area contributed by atoms with Crippen LogP contribution in [0.3, 0.4) is 0 Å². The summed E-state index contributed by atoms with van der Waals surface area (Å²) >= 11 is 0. The number of aryl methyl sites for hydroxylation is 1. The van der Waals surface area contributed by atoms with Gasteiger partial charge in [-0.1, -0.05) is 103 Å². The van der Waals surface area contributed by atoms with E-state index in [4.69, 9.17) is 18.5 Å². The van der Waals surface area contributed by atoms with Crippen molar-refractivity contribution < 1.29 is 32.8 Å². The standard InChI is InChI=1S/C44H43N4O10P/c1-33-30-47(43(51)45-42(33)50)31-41(49)46(32-59(54,58-40-16-10-5-11-17-40)57-28-26-34-18-22-38(23-19-34)48(52)53)27-29-56-44(35-12-6-3-7-13-35,36-14-8-4-9-15-36)37-20-24-39(55-2)25-21-37/h3-25,30H,26-29,31-32H2,1-2H3,(H,45,50,51). The second-order valence-electron chi connectivity index (χ2n) is 13.5. The van der Waals surface area contributed by atoms with E-state index < -0.39 is 48.1 Å². The van der Waals surface area contributed by atoms with Gasteiger partial charge >= 0.3 is 13.3 Å². The summed E-state index contributed by atoms with van der Waals surface area (Å²) in [6.45, 7) is 0.640. The Morgan fingerprint density at radius 3 is 1.95 bits per heavy atom. The third-order valence-electron chi connectivity index (χ3n) is 9.54. The van der Waals surface area contributed by atoms with Crippen molar-refractivity contribution in [3.8, 4) is 11.5 Å². The van der Waals surface area contributed by atoms with Gasteiger partial charge in [0.1, 0.15) is 29.9 Å². The number of aromatic nitrogens is 2. The molecular formula is C44H43N4O10P. The van der Waals surface area contributed by atoms with Gasteiger partial charge in [-0.05, 0) is 59.9 Å². The van der Waals surface area contributed by atoms with Crippen molar-refractivity contribution in [1.82, 2.24) is 14.5 Å². The lowest BCUT2D eigenvalue weighted by atomic mass is 9.80. The number of nitro benzene ring substituents is 1. The molecule has 0 aliphatic heterocycles. The van der Waals surface area contributed by atoms with E-state index in [9.17, 15) is 29.1 Å². The number of hydrogen-bond donors (Lipinski definition) is 1. The Bertz CT molecular complexity index is 2460. The number of nitro groups is 1. The second-order valence-corrected chi connectivity index (χ2v) is 15.5. The van der Waals surface area contributed by atoms with Gasteiger partial charge in [0, 0.05) is 30.4 Å². The van der Waals surface area contributed by atoms with Crippen molar-refractivity contribution in [2.45, 2.75) is 25.5 Å². The number of nitrogens with one attached hydrogen (secondary N) is 1. The highest BCUT2D eigenvalue weighted by atomic mass is 31.2. The summed E-state index contributed by atoms with van der Waals surface area (Å²) in [6, 6.07) is 41.0. The lowest BCUT2D eigenvalue weighted by molar-refractivity contribution is -0.384. The van der Waals surface area contributed by atoms with Crippen LogP contribution in [0.2, 0.25) is 0 Å². The molecule has 1 amide bonds. The summed E-state index contributed by atoms with van der Waals surface area (Å²) in [5.74, 6) is 0.248. The molecule has 0 saturated heterocycles. The van der Waals surface area contributed by atoms with Crippen LogP contribution < -0.4 is 20.5 Å². The molecular weight excluding hydrogens is 775 g/mol. The molecule has 0 radical (unpaired) electrons. The average molecular weight is 819 g/mol. The monoisotopic (exact) mass is 818 g/mol. The number of rotatable bonds is 19. The number of carbonyl (C=O) groups excluding carboxylic acids is 1. The minimum Gasteiger partial charge on any atom is -0.497 e. The highest BCUT2D eigenvalue weighted by Crippen LogP contribution is 2.49. The molecule has 15 heteroatoms. The highest BCUT2D eigenvalue weighted by Gasteiger charge is 2.39. The Hall–Kier alpha value is -6.60. The Morgan fingerprint density at radius 1 is 0.797 bits per heavy atom. The SMILES string of the molecule is COc1ccc(C(OCCN(CP(=O)(OCCc2ccc([N+](=O)[O-])cc2)Oc2ccccc2)C(=O)Cn2cc(C)c(=O)[nH]c2=O)(c2ccccc2)c2ccccc2)cc1. The van der Waals surface area contributed by atoms with E-state index in [1.165, 1.54) is 30.2 Å². The molecule has 0 aliphatic carbocycles. The lowest BCUT2D eigenvalue weighted by Gasteiger charge is -2.37. The normalized spacial score (nSPS) is 12.3. The van der Waals surface area contributed by atoms with Gasteiger partial charge in [-0.3, -0.25) is 33.8 Å². The van der Waals surface area contributed by atoms with Gasteiger partial charge < -0.3 is 18.9 Å². The van der Waals surface area contributed by atoms with Crippen LogP contribution in [0.15, 0.2) is 155 Å². The molecule has 304 valence electrons. The van der Waals surface area contributed by atoms with Crippen LogP contribution in [0.4, 0.5) is 5.69 Å². The van der Waals surface area contributed by atoms with E-state index in [2.05, 4.69) is 4.98 Å². The maximum Gasteiger partial charge on any atom is 0.398 e. The summed E-state index contributed by atoms with van der Waals surface area (Å²) in [5, 5.41) is 11.2. The molecule has 1 aromatic heterocycles. The van der Waals surface area contributed by atoms with Gasteiger partial charge in [-0.2, -0.15) is 0 Å². The minimum absolute atomic E-state index is 0.0727. The molecule has 59 heavy (non-hydrogen) atoms. The van der Waals surface area contributed by atoms with Crippen LogP contribution in [0, 0.1) is 17.0 Å². The van der Waals surface area contributed by atoms with E-state index in [0.29, 0.717) is 11.3 Å². The van der Waals surface area contributed by atoms with E-state index in [0.717, 1.165) is 21.3 Å². The van der Waals surface area contributed by atoms with Crippen LogP contribution in [0.5, 0.6) is 11.5 Å². The first-order valence-electron chi connectivity index (χ1n) is 18.7. The zero-order chi connectivity index (χ0) is 41.8. The van der Waals surface area contributed by atoms with Gasteiger partial charge in [0.2, 0.25) is 5.91 Å². The number of nitrogens with zero attached hydrogens (tertiary/aromatic N) is 3. The fourth-order valence-electron chi connectivity index (χ4n) is 6.52. The van der Waals surface area contributed by atoms with Crippen molar-refractivity contribution >= 4 is 19.2 Å². The Morgan fingerprint density at radius 2 is 1.37 bits per heavy atom. The number of methoxy groups -OCH3 is 1. The van der Waals surface area contributed by atoms with Crippen molar-refractivity contribution in [2.75, 3.05) is 33.2 Å². The second kappa shape index (κ2) is 19.2. The van der Waals surface area contributed by atoms with Crippen LogP contribution in [0.25, 0.3) is 0 Å². The lowest BCUT2D eigenvalue weighted by Crippen LogP contribution is -2.42. The number of H-pyrrole nitrogens is 1. The van der Waals surface area contributed by atoms with Crippen LogP contribution in [-0.2, 0) is 37.2 Å². The van der Waals surface area contributed by atoms with Crippen molar-refractivity contribution in [3.63, 3.8) is 0 Å². The number of amides is 1. The van der Waals surface area contributed by atoms with E-state index in [1.807, 2.05) is 84.9 Å². The van der Waals surface area contributed by atoms with Crippen molar-refractivity contribution in [1.29, 1.82) is 0 Å². The predicted octanol–water partition coefficient (Wildman–Crippen LogP) is 7.09. The fraction of sp³-hybridized carbons (Fsp3) is 0.205. The summed E-state index contributed by atoms with van der Waals surface area (Å²) in [6.07, 6.45) is 0.962. The number of benzene rings is 5. The molecule has 0 spiro atoms. The molecule has 14 nitrogen and oxygen atoms in total. The van der Waals surface area contributed by atoms with E-state index in [1.54, 1.807) is 49.6 Å². The van der Waals surface area contributed by atoms with Gasteiger partial charge in [0.05, 0.1) is 25.2 Å². The maximum atomic E-state index is 14.8. The smallest absolute Gasteiger partial charge is 0.398 e. The molecule has 1 unspecified atom stereocenters. The number of ether oxygens (including phenoxy) is 2. The summed E-state index contributed by atoms with van der Waals surface area (Å²) < 4.78 is 40.4. The first-order chi connectivity index (χ1) is 28.5. The molecule has 0 aliphatic rings. The number of aromatic amines is 1. The molecule has 0 bridgehead atoms. The third-order valence-corrected chi connectivity index (χ3v) is 11.3. The summed E-state index contributed by atoms with van der Waals surface area (Å²) in [5.41, 5.74) is 0.648. The Balaban J connectivity index is 1.35. The minimum atomic E-state index is -4.23. The molecule has 5 aromatic carbocycles. The fourth-order valence-corrected chi connectivity index (χ4v) is 8.24. The first-order valence-corrected chi connectivity index (χ1v) is 20.4. The zero-order valence-corrected chi connectivity index (χ0v) is 33.4. The molecule has 1 heterocycles. The summed E-state index contributed by atoms with van der Waals surface area (Å²) in [7, 11) is -2.65. The molecule has 6 aromatic rings. The number of non-ortho nitro benzene ring substituents is 1. The number of hydrogen-bond acceptors (Lipinski definition) is 10. The van der Waals surface area contributed by atoms with E-state index >= 15 is 0 Å². The molecule has 0 saturated carbocycles. The van der Waals surface area contributed by atoms with Gasteiger partial charge in [0.25, 0.3) is 11.2 Å². The van der Waals surface area contributed by atoms with Crippen LogP contribution >= 0.6 is 7.60 Å². The third kappa shape index (κ3) is 10.5. The van der Waals surface area contributed by atoms with Crippen LogP contribution in [-0.4, -0.2) is 58.4 Å². The molecule has 0 fully saturated rings. The van der Waals surface area contributed by atoms with E-state index in [-0.39, 0.29) is 43.2 Å². The van der Waals surface area contributed by atoms with Crippen molar-refractivity contribution in [2.24, 2.45) is 0 Å². The number of para-hydroxylation sites is 1. The van der Waals surface area contributed by atoms with Gasteiger partial charge in [0.15, 0.2) is 0 Å². The Kier molecular flexibility index (Phi) is 13.7. The Labute approximate surface area is 340 Å². The van der Waals surface area contributed by atoms with Gasteiger partial charge in [-0.25, -0.2) is 9.36 Å². The topological polar surface area (TPSA) is 172 Å². The molecule has 1 atom stereocenters. The van der Waals surface area contributed by atoms with Crippen LogP contribution in [0.1, 0.15) is 27.8 Å². The quantitative estimate of drug-likeness (QED) is 0.0385. The number of carbonyl (C=O) groups is 1. The molecule has 1 N–H and O–H groups in total. The summed E-state index contributed by atoms with van der Waals surface area (Å²) in [4.78, 5) is 53.5. The first kappa shape index (κ1) is 42.0. The van der Waals surface area contributed by atoms with Crippen molar-refractivity contribution in [3.05, 3.63) is 204 Å².